The Kier molecular flexibility index (Phi) is 24.8. The van der Waals surface area contributed by atoms with E-state index in [0.29, 0.717) is 17.4 Å². The second-order valence-electron chi connectivity index (χ2n) is 12.2. The van der Waals surface area contributed by atoms with Gasteiger partial charge in [0.1, 0.15) is 13.2 Å². The number of amides is 1. The molecule has 0 bridgehead atoms. The number of hydrogen-bond acceptors (Lipinski definition) is 5. The van der Waals surface area contributed by atoms with Crippen LogP contribution in [0.15, 0.2) is 24.3 Å². The summed E-state index contributed by atoms with van der Waals surface area (Å²) in [7, 11) is 1.55. The molecule has 3 unspecified atom stereocenters. The van der Waals surface area contributed by atoms with Crippen LogP contribution in [0.5, 0.6) is 0 Å². The van der Waals surface area contributed by atoms with Gasteiger partial charge < -0.3 is 19.8 Å². The summed E-state index contributed by atoms with van der Waals surface area (Å²) in [4.78, 5) is 22.8. The number of allylic oxidation sites excluding steroid dienone is 3. The summed E-state index contributed by atoms with van der Waals surface area (Å²) in [5, 5.41) is 13.6. The molecule has 1 amide bonds. The standard InChI is InChI=1S/C32H63N2O6P/c1-6-8-10-12-14-16-18-20-22-24-26-32(36)33-30(29-40-41(37,38)39-28-27-34(3,4)5)31(35)25-23-21-19-17-15-13-11-9-7-2/h15,17,23,25,30-31,35H,6-14,16,18-22,24,26-29H2,1-5H3,(H-,33,36,37,38)/p+1/b17-15+,25-23+. The van der Waals surface area contributed by atoms with Crippen LogP contribution in [-0.2, 0) is 18.4 Å². The number of phosphoric ester groups is 1. The van der Waals surface area contributed by atoms with Crippen LogP contribution >= 0.6 is 7.82 Å². The number of nitrogens with one attached hydrogen (secondary N) is 1. The summed E-state index contributed by atoms with van der Waals surface area (Å²) in [6, 6.07) is -0.853. The molecule has 0 radical (unpaired) electrons. The molecule has 0 saturated heterocycles. The molecule has 0 aromatic rings. The Bertz CT molecular complexity index is 738. The summed E-state index contributed by atoms with van der Waals surface area (Å²) < 4.78 is 23.3. The van der Waals surface area contributed by atoms with Crippen LogP contribution in [0.4, 0.5) is 0 Å². The average Bonchev–Trinajstić information content (AvgIpc) is 2.90. The predicted octanol–water partition coefficient (Wildman–Crippen LogP) is 7.46. The molecule has 0 saturated carbocycles. The third-order valence-corrected chi connectivity index (χ3v) is 7.91. The zero-order valence-electron chi connectivity index (χ0n) is 27.0. The van der Waals surface area contributed by atoms with Crippen molar-refractivity contribution in [3.8, 4) is 0 Å². The fraction of sp³-hybridized carbons (Fsp3) is 0.844. The minimum atomic E-state index is -4.32. The molecule has 0 spiro atoms. The number of phosphoric acid groups is 1. The lowest BCUT2D eigenvalue weighted by atomic mass is 10.1. The maximum Gasteiger partial charge on any atom is 0.472 e. The van der Waals surface area contributed by atoms with E-state index in [2.05, 4.69) is 31.3 Å². The van der Waals surface area contributed by atoms with Gasteiger partial charge in [-0.05, 0) is 32.1 Å². The molecule has 0 aliphatic heterocycles. The smallest absolute Gasteiger partial charge is 0.387 e. The van der Waals surface area contributed by atoms with Crippen molar-refractivity contribution in [2.45, 2.75) is 135 Å². The number of carbonyl (C=O) groups is 1. The molecule has 0 aromatic carbocycles. The molecule has 8 nitrogen and oxygen atoms in total. The largest absolute Gasteiger partial charge is 0.472 e. The van der Waals surface area contributed by atoms with Crippen molar-refractivity contribution in [3.05, 3.63) is 24.3 Å². The van der Waals surface area contributed by atoms with Crippen LogP contribution < -0.4 is 5.32 Å². The molecule has 0 heterocycles. The Morgan fingerprint density at radius 1 is 0.805 bits per heavy atom. The number of aliphatic hydroxyl groups excluding tert-OH is 1. The lowest BCUT2D eigenvalue weighted by Gasteiger charge is -2.25. The van der Waals surface area contributed by atoms with E-state index in [9.17, 15) is 19.4 Å². The van der Waals surface area contributed by atoms with Gasteiger partial charge in [0.25, 0.3) is 0 Å². The van der Waals surface area contributed by atoms with Gasteiger partial charge in [0.15, 0.2) is 0 Å². The molecule has 3 N–H and O–H groups in total. The Balaban J connectivity index is 4.69. The van der Waals surface area contributed by atoms with Gasteiger partial charge in [-0.1, -0.05) is 109 Å². The lowest BCUT2D eigenvalue weighted by molar-refractivity contribution is -0.870. The van der Waals surface area contributed by atoms with Crippen molar-refractivity contribution in [1.82, 2.24) is 5.32 Å². The highest BCUT2D eigenvalue weighted by Crippen LogP contribution is 2.43. The van der Waals surface area contributed by atoms with E-state index < -0.39 is 20.0 Å². The van der Waals surface area contributed by atoms with Crippen LogP contribution in [0.3, 0.4) is 0 Å². The van der Waals surface area contributed by atoms with Gasteiger partial charge in [-0.25, -0.2) is 4.57 Å². The van der Waals surface area contributed by atoms with Gasteiger partial charge in [0.2, 0.25) is 5.91 Å². The number of quaternary nitrogens is 1. The van der Waals surface area contributed by atoms with E-state index in [4.69, 9.17) is 9.05 Å². The van der Waals surface area contributed by atoms with Crippen molar-refractivity contribution in [3.63, 3.8) is 0 Å². The average molecular weight is 604 g/mol. The minimum absolute atomic E-state index is 0.0570. The van der Waals surface area contributed by atoms with Gasteiger partial charge in [-0.2, -0.15) is 0 Å². The van der Waals surface area contributed by atoms with Gasteiger partial charge in [-0.3, -0.25) is 13.8 Å². The molecule has 41 heavy (non-hydrogen) atoms. The molecule has 9 heteroatoms. The highest BCUT2D eigenvalue weighted by molar-refractivity contribution is 7.47. The number of carbonyl (C=O) groups excluding carboxylic acids is 1. The third kappa shape index (κ3) is 27.6. The molecule has 0 fully saturated rings. The first-order chi connectivity index (χ1) is 19.5. The molecular weight excluding hydrogens is 539 g/mol. The van der Waals surface area contributed by atoms with Crippen molar-refractivity contribution in [1.29, 1.82) is 0 Å². The van der Waals surface area contributed by atoms with Crippen molar-refractivity contribution < 1.29 is 32.9 Å². The van der Waals surface area contributed by atoms with Gasteiger partial charge >= 0.3 is 7.82 Å². The lowest BCUT2D eigenvalue weighted by Crippen LogP contribution is -2.45. The zero-order valence-corrected chi connectivity index (χ0v) is 27.9. The Hall–Kier alpha value is -1.02. The van der Waals surface area contributed by atoms with Crippen LogP contribution in [0.25, 0.3) is 0 Å². The van der Waals surface area contributed by atoms with E-state index in [1.165, 1.54) is 64.2 Å². The number of rotatable bonds is 28. The van der Waals surface area contributed by atoms with Crippen LogP contribution in [0.2, 0.25) is 0 Å². The topological polar surface area (TPSA) is 105 Å². The number of aliphatic hydroxyl groups is 1. The number of hydrogen-bond donors (Lipinski definition) is 3. The molecular formula is C32H64N2O6P+. The fourth-order valence-electron chi connectivity index (χ4n) is 4.23. The number of nitrogens with zero attached hydrogens (tertiary/aromatic N) is 1. The van der Waals surface area contributed by atoms with E-state index in [0.717, 1.165) is 38.5 Å². The Morgan fingerprint density at radius 2 is 1.34 bits per heavy atom. The summed E-state index contributed by atoms with van der Waals surface area (Å²) in [5.41, 5.74) is 0. The molecule has 0 aliphatic carbocycles. The zero-order chi connectivity index (χ0) is 30.8. The Morgan fingerprint density at radius 3 is 1.95 bits per heavy atom. The van der Waals surface area contributed by atoms with E-state index in [1.54, 1.807) is 6.08 Å². The van der Waals surface area contributed by atoms with E-state index >= 15 is 0 Å². The van der Waals surface area contributed by atoms with Gasteiger partial charge in [-0.15, -0.1) is 0 Å². The summed E-state index contributed by atoms with van der Waals surface area (Å²) >= 11 is 0. The Labute approximate surface area is 252 Å². The summed E-state index contributed by atoms with van der Waals surface area (Å²) in [6.07, 6.45) is 25.4. The van der Waals surface area contributed by atoms with Gasteiger partial charge in [0.05, 0.1) is 39.9 Å². The van der Waals surface area contributed by atoms with Crippen molar-refractivity contribution in [2.75, 3.05) is 40.9 Å². The summed E-state index contributed by atoms with van der Waals surface area (Å²) in [6.45, 7) is 4.68. The first-order valence-electron chi connectivity index (χ1n) is 16.2. The highest BCUT2D eigenvalue weighted by atomic mass is 31.2. The summed E-state index contributed by atoms with van der Waals surface area (Å²) in [5.74, 6) is -0.195. The van der Waals surface area contributed by atoms with Crippen LogP contribution in [-0.4, -0.2) is 73.4 Å². The fourth-order valence-corrected chi connectivity index (χ4v) is 4.97. The quantitative estimate of drug-likeness (QED) is 0.0371. The molecule has 0 rings (SSSR count). The highest BCUT2D eigenvalue weighted by Gasteiger charge is 2.27. The molecule has 242 valence electrons. The minimum Gasteiger partial charge on any atom is -0.387 e. The van der Waals surface area contributed by atoms with Crippen LogP contribution in [0.1, 0.15) is 123 Å². The maximum atomic E-state index is 12.6. The van der Waals surface area contributed by atoms with Gasteiger partial charge in [0, 0.05) is 6.42 Å². The predicted molar refractivity (Wildman–Crippen MR) is 171 cm³/mol. The normalized spacial score (nSPS) is 15.4. The maximum absolute atomic E-state index is 12.6. The molecule has 0 aromatic heterocycles. The van der Waals surface area contributed by atoms with Crippen LogP contribution in [0, 0.1) is 0 Å². The van der Waals surface area contributed by atoms with E-state index in [-0.39, 0.29) is 19.1 Å². The van der Waals surface area contributed by atoms with E-state index in [1.807, 2.05) is 27.2 Å². The number of unbranched alkanes of at least 4 members (excludes halogenated alkanes) is 13. The van der Waals surface area contributed by atoms with Crippen molar-refractivity contribution >= 4 is 13.7 Å². The molecule has 3 atom stereocenters. The molecule has 0 aliphatic rings. The second kappa shape index (κ2) is 25.5. The SMILES string of the molecule is CCCCC/C=C/CC/C=C/C(O)C(COP(=O)(O)OCC[N+](C)(C)C)NC(=O)CCCCCCCCCCCC. The second-order valence-corrected chi connectivity index (χ2v) is 13.6. The first-order valence-corrected chi connectivity index (χ1v) is 17.7. The van der Waals surface area contributed by atoms with Crippen molar-refractivity contribution in [2.24, 2.45) is 0 Å². The number of likely N-dealkylation sites (N-methyl/N-ethyl adjacent to an activating group) is 1. The third-order valence-electron chi connectivity index (χ3n) is 6.92. The monoisotopic (exact) mass is 603 g/mol. The first kappa shape index (κ1) is 40.0.